The maximum Gasteiger partial charge on any atom is 0.233 e. The summed E-state index contributed by atoms with van der Waals surface area (Å²) in [6.07, 6.45) is -0.184. The molecule has 0 bridgehead atoms. The number of carbonyl (C=O) groups excluding carboxylic acids is 2. The number of rotatable bonds is 7. The SMILES string of the molecule is CC(C)c1cccc(C(C)C)c1NC(=O)CC(=O)NCc1ccccc1. The lowest BCUT2D eigenvalue weighted by Gasteiger charge is -2.20. The standard InChI is InChI=1S/C22H28N2O2/c1-15(2)18-11-8-12-19(16(3)4)22(18)24-21(26)13-20(25)23-14-17-9-6-5-7-10-17/h5-12,15-16H,13-14H2,1-4H3,(H,23,25)(H,24,26). The first kappa shape index (κ1) is 19.7. The van der Waals surface area contributed by atoms with Gasteiger partial charge in [-0.15, -0.1) is 0 Å². The van der Waals surface area contributed by atoms with E-state index in [-0.39, 0.29) is 30.1 Å². The zero-order chi connectivity index (χ0) is 19.1. The van der Waals surface area contributed by atoms with Crippen molar-refractivity contribution >= 4 is 17.5 Å². The molecule has 0 saturated carbocycles. The second kappa shape index (κ2) is 9.18. The Labute approximate surface area is 156 Å². The van der Waals surface area contributed by atoms with Gasteiger partial charge in [0.1, 0.15) is 6.42 Å². The number of benzene rings is 2. The topological polar surface area (TPSA) is 58.2 Å². The van der Waals surface area contributed by atoms with Crippen LogP contribution in [0.4, 0.5) is 5.69 Å². The van der Waals surface area contributed by atoms with Gasteiger partial charge in [0.25, 0.3) is 0 Å². The molecular formula is C22H28N2O2. The summed E-state index contributed by atoms with van der Waals surface area (Å²) in [6.45, 7) is 8.82. The molecule has 2 aromatic rings. The molecule has 0 saturated heterocycles. The van der Waals surface area contributed by atoms with Gasteiger partial charge in [0.15, 0.2) is 0 Å². The van der Waals surface area contributed by atoms with Gasteiger partial charge in [0, 0.05) is 12.2 Å². The molecule has 0 unspecified atom stereocenters. The summed E-state index contributed by atoms with van der Waals surface area (Å²) in [6, 6.07) is 15.7. The van der Waals surface area contributed by atoms with Gasteiger partial charge in [-0.3, -0.25) is 9.59 Å². The average Bonchev–Trinajstić information content (AvgIpc) is 2.60. The zero-order valence-corrected chi connectivity index (χ0v) is 16.0. The van der Waals surface area contributed by atoms with E-state index in [0.29, 0.717) is 6.54 Å². The summed E-state index contributed by atoms with van der Waals surface area (Å²) < 4.78 is 0. The second-order valence-corrected chi connectivity index (χ2v) is 7.11. The monoisotopic (exact) mass is 352 g/mol. The molecule has 0 aliphatic heterocycles. The molecule has 0 aliphatic carbocycles. The first-order chi connectivity index (χ1) is 12.4. The van der Waals surface area contributed by atoms with Crippen LogP contribution in [0, 0.1) is 0 Å². The summed E-state index contributed by atoms with van der Waals surface area (Å²) >= 11 is 0. The molecule has 2 aromatic carbocycles. The Morgan fingerprint density at radius 3 is 1.92 bits per heavy atom. The predicted molar refractivity (Wildman–Crippen MR) is 106 cm³/mol. The fraction of sp³-hybridized carbons (Fsp3) is 0.364. The van der Waals surface area contributed by atoms with Gasteiger partial charge in [-0.25, -0.2) is 0 Å². The third-order valence-corrected chi connectivity index (χ3v) is 4.29. The highest BCUT2D eigenvalue weighted by molar-refractivity contribution is 6.04. The van der Waals surface area contributed by atoms with Crippen molar-refractivity contribution in [2.75, 3.05) is 5.32 Å². The molecule has 0 fully saturated rings. The molecule has 2 N–H and O–H groups in total. The Hall–Kier alpha value is -2.62. The van der Waals surface area contributed by atoms with Crippen LogP contribution in [-0.2, 0) is 16.1 Å². The maximum atomic E-state index is 12.4. The molecule has 2 amide bonds. The molecule has 2 rings (SSSR count). The van der Waals surface area contributed by atoms with E-state index in [2.05, 4.69) is 38.3 Å². The number of anilines is 1. The Bertz CT molecular complexity index is 726. The lowest BCUT2D eigenvalue weighted by molar-refractivity contribution is -0.126. The summed E-state index contributed by atoms with van der Waals surface area (Å²) in [5.41, 5.74) is 4.04. The van der Waals surface area contributed by atoms with Crippen LogP contribution >= 0.6 is 0 Å². The Morgan fingerprint density at radius 2 is 1.38 bits per heavy atom. The molecule has 0 heterocycles. The smallest absolute Gasteiger partial charge is 0.233 e. The third kappa shape index (κ3) is 5.45. The van der Waals surface area contributed by atoms with Gasteiger partial charge < -0.3 is 10.6 Å². The normalized spacial score (nSPS) is 10.8. The third-order valence-electron chi connectivity index (χ3n) is 4.29. The van der Waals surface area contributed by atoms with Crippen molar-refractivity contribution in [2.24, 2.45) is 0 Å². The Balaban J connectivity index is 2.02. The van der Waals surface area contributed by atoms with Crippen molar-refractivity contribution in [3.8, 4) is 0 Å². The van der Waals surface area contributed by atoms with Crippen molar-refractivity contribution in [2.45, 2.75) is 52.5 Å². The number of nitrogens with one attached hydrogen (secondary N) is 2. The van der Waals surface area contributed by atoms with E-state index in [1.54, 1.807) is 0 Å². The lowest BCUT2D eigenvalue weighted by Crippen LogP contribution is -2.28. The summed E-state index contributed by atoms with van der Waals surface area (Å²) in [5.74, 6) is 0.0110. The minimum absolute atomic E-state index is 0.184. The van der Waals surface area contributed by atoms with Crippen LogP contribution in [0.5, 0.6) is 0 Å². The van der Waals surface area contributed by atoms with Crippen molar-refractivity contribution < 1.29 is 9.59 Å². The van der Waals surface area contributed by atoms with Crippen molar-refractivity contribution in [3.63, 3.8) is 0 Å². The highest BCUT2D eigenvalue weighted by atomic mass is 16.2. The number of amides is 2. The van der Waals surface area contributed by atoms with E-state index >= 15 is 0 Å². The highest BCUT2D eigenvalue weighted by Gasteiger charge is 2.17. The molecule has 4 nitrogen and oxygen atoms in total. The molecule has 26 heavy (non-hydrogen) atoms. The van der Waals surface area contributed by atoms with E-state index in [4.69, 9.17) is 0 Å². The largest absolute Gasteiger partial charge is 0.352 e. The average molecular weight is 352 g/mol. The Kier molecular flexibility index (Phi) is 6.96. The Morgan fingerprint density at radius 1 is 0.808 bits per heavy atom. The number of carbonyl (C=O) groups is 2. The molecule has 0 aromatic heterocycles. The molecule has 4 heteroatoms. The van der Waals surface area contributed by atoms with E-state index in [1.807, 2.05) is 48.5 Å². The van der Waals surface area contributed by atoms with Gasteiger partial charge in [0.2, 0.25) is 11.8 Å². The summed E-state index contributed by atoms with van der Waals surface area (Å²) in [4.78, 5) is 24.5. The van der Waals surface area contributed by atoms with E-state index in [1.165, 1.54) is 0 Å². The predicted octanol–water partition coefficient (Wildman–Crippen LogP) is 4.58. The number of para-hydroxylation sites is 1. The number of hydrogen-bond acceptors (Lipinski definition) is 2. The fourth-order valence-electron chi connectivity index (χ4n) is 2.88. The quantitative estimate of drug-likeness (QED) is 0.717. The maximum absolute atomic E-state index is 12.4. The first-order valence-electron chi connectivity index (χ1n) is 9.11. The van der Waals surface area contributed by atoms with Crippen LogP contribution in [0.3, 0.4) is 0 Å². The van der Waals surface area contributed by atoms with Gasteiger partial charge >= 0.3 is 0 Å². The fourth-order valence-corrected chi connectivity index (χ4v) is 2.88. The minimum Gasteiger partial charge on any atom is -0.352 e. The van der Waals surface area contributed by atoms with Crippen LogP contribution < -0.4 is 10.6 Å². The van der Waals surface area contributed by atoms with E-state index < -0.39 is 0 Å². The van der Waals surface area contributed by atoms with Crippen LogP contribution in [0.25, 0.3) is 0 Å². The van der Waals surface area contributed by atoms with Crippen molar-refractivity contribution in [1.29, 1.82) is 0 Å². The van der Waals surface area contributed by atoms with Crippen LogP contribution in [0.1, 0.15) is 62.6 Å². The second-order valence-electron chi connectivity index (χ2n) is 7.11. The molecule has 0 aliphatic rings. The summed E-state index contributed by atoms with van der Waals surface area (Å²) in [5, 5.41) is 5.76. The highest BCUT2D eigenvalue weighted by Crippen LogP contribution is 2.32. The van der Waals surface area contributed by atoms with Crippen molar-refractivity contribution in [1.82, 2.24) is 5.32 Å². The van der Waals surface area contributed by atoms with Gasteiger partial charge in [0.05, 0.1) is 0 Å². The van der Waals surface area contributed by atoms with E-state index in [9.17, 15) is 9.59 Å². The summed E-state index contributed by atoms with van der Waals surface area (Å²) in [7, 11) is 0. The molecule has 0 radical (unpaired) electrons. The molecule has 0 atom stereocenters. The van der Waals surface area contributed by atoms with Gasteiger partial charge in [-0.2, -0.15) is 0 Å². The van der Waals surface area contributed by atoms with Crippen molar-refractivity contribution in [3.05, 3.63) is 65.2 Å². The van der Waals surface area contributed by atoms with Gasteiger partial charge in [-0.05, 0) is 28.5 Å². The van der Waals surface area contributed by atoms with Gasteiger partial charge in [-0.1, -0.05) is 76.2 Å². The van der Waals surface area contributed by atoms with E-state index in [0.717, 1.165) is 22.4 Å². The van der Waals surface area contributed by atoms with Crippen LogP contribution in [-0.4, -0.2) is 11.8 Å². The lowest BCUT2D eigenvalue weighted by atomic mass is 9.92. The first-order valence-corrected chi connectivity index (χ1v) is 9.11. The van der Waals surface area contributed by atoms with Crippen LogP contribution in [0.2, 0.25) is 0 Å². The minimum atomic E-state index is -0.287. The number of hydrogen-bond donors (Lipinski definition) is 2. The zero-order valence-electron chi connectivity index (χ0n) is 16.0. The molecule has 138 valence electrons. The molecule has 0 spiro atoms. The van der Waals surface area contributed by atoms with Crippen LogP contribution in [0.15, 0.2) is 48.5 Å². The molecular weight excluding hydrogens is 324 g/mol.